The van der Waals surface area contributed by atoms with Crippen molar-refractivity contribution >= 4 is 40.0 Å². The number of anilines is 2. The minimum Gasteiger partial charge on any atom is -0.440 e. The molecule has 1 saturated heterocycles. The molecule has 1 aromatic heterocycles. The summed E-state index contributed by atoms with van der Waals surface area (Å²) in [5, 5.41) is 0.670. The van der Waals surface area contributed by atoms with E-state index in [0.717, 1.165) is 5.56 Å². The van der Waals surface area contributed by atoms with Crippen LogP contribution in [0, 0.1) is 5.82 Å². The highest BCUT2D eigenvalue weighted by molar-refractivity contribution is 6.30. The summed E-state index contributed by atoms with van der Waals surface area (Å²) in [6.07, 6.45) is 0.463. The topological polar surface area (TPSA) is 66.2 Å². The molecule has 0 radical (unpaired) electrons. The largest absolute Gasteiger partial charge is 0.440 e. The van der Waals surface area contributed by atoms with Crippen molar-refractivity contribution in [3.8, 4) is 0 Å². The third kappa shape index (κ3) is 5.18. The molecule has 0 bridgehead atoms. The van der Waals surface area contributed by atoms with Gasteiger partial charge in [0.1, 0.15) is 11.4 Å². The van der Waals surface area contributed by atoms with E-state index >= 15 is 0 Å². The first-order chi connectivity index (χ1) is 16.2. The van der Waals surface area contributed by atoms with Gasteiger partial charge in [-0.25, -0.2) is 4.39 Å². The van der Waals surface area contributed by atoms with Crippen LogP contribution in [0.25, 0.3) is 11.0 Å². The van der Waals surface area contributed by atoms with E-state index in [1.165, 1.54) is 23.1 Å². The molecule has 7 nitrogen and oxygen atoms in total. The zero-order valence-corrected chi connectivity index (χ0v) is 20.2. The van der Waals surface area contributed by atoms with E-state index < -0.39 is 5.82 Å². The Morgan fingerprint density at radius 2 is 1.82 bits per heavy atom. The molecule has 1 aliphatic heterocycles. The van der Waals surface area contributed by atoms with Crippen LogP contribution >= 0.6 is 11.6 Å². The van der Waals surface area contributed by atoms with Gasteiger partial charge in [0, 0.05) is 63.1 Å². The van der Waals surface area contributed by atoms with Gasteiger partial charge >= 0.3 is 0 Å². The van der Waals surface area contributed by atoms with Gasteiger partial charge in [0.2, 0.25) is 0 Å². The standard InChI is InChI=1S/C25H27ClFN3O4/c1-28(2)25(32)17-10-16(4-5-29(3)20-13-18(26)12-19(27)14-20)24-21(11-17)22(31)15-23(34-24)30-6-8-33-9-7-30/h10-15H,4-9H2,1-3H3. The van der Waals surface area contributed by atoms with Crippen molar-refractivity contribution in [3.05, 3.63) is 68.6 Å². The maximum absolute atomic E-state index is 13.8. The summed E-state index contributed by atoms with van der Waals surface area (Å²) in [6.45, 7) is 2.87. The highest BCUT2D eigenvalue weighted by Gasteiger charge is 2.20. The first-order valence-corrected chi connectivity index (χ1v) is 11.4. The summed E-state index contributed by atoms with van der Waals surface area (Å²) >= 11 is 6.01. The smallest absolute Gasteiger partial charge is 0.253 e. The maximum Gasteiger partial charge on any atom is 0.253 e. The number of halogens is 2. The van der Waals surface area contributed by atoms with Crippen LogP contribution in [0.1, 0.15) is 15.9 Å². The highest BCUT2D eigenvalue weighted by atomic mass is 35.5. The molecule has 0 saturated carbocycles. The molecule has 0 spiro atoms. The van der Waals surface area contributed by atoms with Gasteiger partial charge in [-0.2, -0.15) is 0 Å². The minimum absolute atomic E-state index is 0.204. The van der Waals surface area contributed by atoms with Gasteiger partial charge in [0.15, 0.2) is 11.3 Å². The third-order valence-electron chi connectivity index (χ3n) is 5.87. The van der Waals surface area contributed by atoms with Gasteiger partial charge in [-0.1, -0.05) is 11.6 Å². The zero-order chi connectivity index (χ0) is 24.4. The molecule has 1 amide bonds. The molecule has 3 aromatic rings. The van der Waals surface area contributed by atoms with Gasteiger partial charge in [-0.3, -0.25) is 9.59 Å². The lowest BCUT2D eigenvalue weighted by molar-refractivity contribution is 0.0827. The maximum atomic E-state index is 13.8. The van der Waals surface area contributed by atoms with Crippen LogP contribution in [-0.4, -0.2) is 64.8 Å². The summed E-state index contributed by atoms with van der Waals surface area (Å²) in [6, 6.07) is 9.18. The predicted octanol–water partition coefficient (Wildman–Crippen LogP) is 3.80. The van der Waals surface area contributed by atoms with E-state index in [1.54, 1.807) is 32.3 Å². The molecular formula is C25H27ClFN3O4. The zero-order valence-electron chi connectivity index (χ0n) is 19.4. The molecule has 0 N–H and O–H groups in total. The van der Waals surface area contributed by atoms with Crippen molar-refractivity contribution < 1.29 is 18.3 Å². The van der Waals surface area contributed by atoms with Crippen molar-refractivity contribution in [1.82, 2.24) is 4.90 Å². The second kappa shape index (κ2) is 10.0. The van der Waals surface area contributed by atoms with Gasteiger partial charge in [-0.05, 0) is 42.3 Å². The van der Waals surface area contributed by atoms with E-state index in [0.29, 0.717) is 72.4 Å². The fraction of sp³-hybridized carbons (Fsp3) is 0.360. The molecule has 0 aliphatic carbocycles. The SMILES string of the molecule is CN(C)C(=O)c1cc(CCN(C)c2cc(F)cc(Cl)c2)c2oc(N3CCOCC3)cc(=O)c2c1. The van der Waals surface area contributed by atoms with Gasteiger partial charge in [0.05, 0.1) is 18.6 Å². The number of rotatable bonds is 6. The number of hydrogen-bond acceptors (Lipinski definition) is 6. The Morgan fingerprint density at radius 1 is 1.09 bits per heavy atom. The van der Waals surface area contributed by atoms with E-state index in [4.69, 9.17) is 20.8 Å². The number of likely N-dealkylation sites (N-methyl/N-ethyl adjacent to an activating group) is 1. The Hall–Kier alpha value is -3.10. The van der Waals surface area contributed by atoms with Crippen LogP contribution in [0.2, 0.25) is 5.02 Å². The summed E-state index contributed by atoms with van der Waals surface area (Å²) in [5.41, 5.74) is 2.02. The van der Waals surface area contributed by atoms with Crippen LogP contribution in [0.3, 0.4) is 0 Å². The Labute approximate surface area is 202 Å². The number of nitrogens with zero attached hydrogens (tertiary/aromatic N) is 3. The quantitative estimate of drug-likeness (QED) is 0.527. The molecule has 2 heterocycles. The monoisotopic (exact) mass is 487 g/mol. The van der Waals surface area contributed by atoms with Crippen LogP contribution < -0.4 is 15.2 Å². The molecule has 1 aliphatic rings. The fourth-order valence-corrected chi connectivity index (χ4v) is 4.22. The summed E-state index contributed by atoms with van der Waals surface area (Å²) < 4.78 is 25.5. The average molecular weight is 488 g/mol. The number of carbonyl (C=O) groups is 1. The Morgan fingerprint density at radius 3 is 2.50 bits per heavy atom. The highest BCUT2D eigenvalue weighted by Crippen LogP contribution is 2.27. The lowest BCUT2D eigenvalue weighted by Crippen LogP contribution is -2.36. The van der Waals surface area contributed by atoms with Crippen molar-refractivity contribution in [2.45, 2.75) is 6.42 Å². The summed E-state index contributed by atoms with van der Waals surface area (Å²) in [7, 11) is 5.16. The minimum atomic E-state index is -0.417. The van der Waals surface area contributed by atoms with Gasteiger partial charge < -0.3 is 23.9 Å². The number of amides is 1. The number of morpholine rings is 1. The number of benzene rings is 2. The number of fused-ring (bicyclic) bond motifs is 1. The van der Waals surface area contributed by atoms with E-state index in [9.17, 15) is 14.0 Å². The molecule has 1 fully saturated rings. The van der Waals surface area contributed by atoms with Gasteiger partial charge in [-0.15, -0.1) is 0 Å². The second-order valence-corrected chi connectivity index (χ2v) is 9.00. The van der Waals surface area contributed by atoms with E-state index in [-0.39, 0.29) is 11.3 Å². The van der Waals surface area contributed by atoms with Crippen molar-refractivity contribution in [3.63, 3.8) is 0 Å². The molecular weight excluding hydrogens is 461 g/mol. The summed E-state index contributed by atoms with van der Waals surface area (Å²) in [4.78, 5) is 31.1. The molecule has 180 valence electrons. The predicted molar refractivity (Wildman–Crippen MR) is 132 cm³/mol. The first-order valence-electron chi connectivity index (χ1n) is 11.1. The van der Waals surface area contributed by atoms with Crippen LogP contribution in [0.4, 0.5) is 16.0 Å². The molecule has 2 aromatic carbocycles. The molecule has 9 heteroatoms. The molecule has 0 unspecified atom stereocenters. The molecule has 34 heavy (non-hydrogen) atoms. The lowest BCUT2D eigenvalue weighted by Gasteiger charge is -2.27. The Bertz CT molecular complexity index is 1250. The van der Waals surface area contributed by atoms with Crippen LogP contribution in [0.5, 0.6) is 0 Å². The lowest BCUT2D eigenvalue weighted by atomic mass is 10.0. The fourth-order valence-electron chi connectivity index (χ4n) is 4.00. The van der Waals surface area contributed by atoms with E-state index in [2.05, 4.69) is 0 Å². The average Bonchev–Trinajstić information content (AvgIpc) is 2.81. The molecule has 0 atom stereocenters. The Kier molecular flexibility index (Phi) is 7.09. The number of hydrogen-bond donors (Lipinski definition) is 0. The van der Waals surface area contributed by atoms with E-state index in [1.807, 2.05) is 16.8 Å². The normalized spacial score (nSPS) is 13.9. The van der Waals surface area contributed by atoms with Crippen molar-refractivity contribution in [2.75, 3.05) is 63.8 Å². The number of ether oxygens (including phenoxy) is 1. The van der Waals surface area contributed by atoms with Gasteiger partial charge in [0.25, 0.3) is 5.91 Å². The third-order valence-corrected chi connectivity index (χ3v) is 6.09. The molecule has 4 rings (SSSR count). The second-order valence-electron chi connectivity index (χ2n) is 8.56. The summed E-state index contributed by atoms with van der Waals surface area (Å²) in [5.74, 6) is -0.136. The first kappa shape index (κ1) is 24.0. The Balaban J connectivity index is 1.74. The van der Waals surface area contributed by atoms with Crippen LogP contribution in [-0.2, 0) is 11.2 Å². The number of carbonyl (C=O) groups excluding carboxylic acids is 1. The van der Waals surface area contributed by atoms with Crippen molar-refractivity contribution in [2.24, 2.45) is 0 Å². The van der Waals surface area contributed by atoms with Crippen LogP contribution in [0.15, 0.2) is 45.6 Å². The van der Waals surface area contributed by atoms with Crippen molar-refractivity contribution in [1.29, 1.82) is 0 Å².